The topological polar surface area (TPSA) is 73.8 Å². The molecule has 0 radical (unpaired) electrons. The van der Waals surface area contributed by atoms with Crippen molar-refractivity contribution in [1.29, 1.82) is 0 Å². The molecule has 0 aliphatic heterocycles. The molecule has 0 atom stereocenters. The first-order valence-electron chi connectivity index (χ1n) is 6.35. The molecule has 0 aliphatic rings. The fraction of sp³-hybridized carbons (Fsp3) is 0.0667. The lowest BCUT2D eigenvalue weighted by Gasteiger charge is -2.07. The second-order valence-corrected chi connectivity index (χ2v) is 5.05. The van der Waals surface area contributed by atoms with Crippen LogP contribution in [-0.4, -0.2) is 19.8 Å². The number of benzene rings is 1. The summed E-state index contributed by atoms with van der Waals surface area (Å²) in [6.45, 7) is 0.349. The number of fused-ring (bicyclic) bond motifs is 1. The van der Waals surface area contributed by atoms with Crippen molar-refractivity contribution in [2.45, 2.75) is 6.54 Å². The smallest absolute Gasteiger partial charge is 0.274 e. The molecule has 6 heteroatoms. The molecule has 0 saturated heterocycles. The number of hydrogen-bond donors (Lipinski definition) is 1. The first-order chi connectivity index (χ1) is 10.1. The molecule has 3 rings (SSSR count). The Labute approximate surface area is 126 Å². The summed E-state index contributed by atoms with van der Waals surface area (Å²) in [6, 6.07) is 11.0. The lowest BCUT2D eigenvalue weighted by atomic mass is 10.2. The van der Waals surface area contributed by atoms with Gasteiger partial charge in [-0.1, -0.05) is 30.4 Å². The van der Waals surface area contributed by atoms with Crippen molar-refractivity contribution in [2.24, 2.45) is 5.73 Å². The van der Waals surface area contributed by atoms with Crippen LogP contribution >= 0.6 is 12.2 Å². The fourth-order valence-electron chi connectivity index (χ4n) is 2.12. The van der Waals surface area contributed by atoms with E-state index in [1.807, 2.05) is 24.3 Å². The molecular formula is C15H12N4OS. The zero-order valence-electron chi connectivity index (χ0n) is 11.1. The van der Waals surface area contributed by atoms with Gasteiger partial charge in [0, 0.05) is 11.6 Å². The van der Waals surface area contributed by atoms with Gasteiger partial charge < -0.3 is 5.73 Å². The van der Waals surface area contributed by atoms with E-state index in [9.17, 15) is 4.79 Å². The molecule has 0 amide bonds. The van der Waals surface area contributed by atoms with E-state index < -0.39 is 0 Å². The predicted octanol–water partition coefficient (Wildman–Crippen LogP) is 1.47. The number of hydrogen-bond acceptors (Lipinski definition) is 4. The Bertz CT molecular complexity index is 888. The van der Waals surface area contributed by atoms with E-state index in [4.69, 9.17) is 18.0 Å². The summed E-state index contributed by atoms with van der Waals surface area (Å²) in [5, 5.41) is 5.68. The van der Waals surface area contributed by atoms with Crippen molar-refractivity contribution in [3.63, 3.8) is 0 Å². The Kier molecular flexibility index (Phi) is 3.45. The molecular weight excluding hydrogens is 284 g/mol. The van der Waals surface area contributed by atoms with E-state index in [0.29, 0.717) is 17.6 Å². The molecule has 2 aromatic heterocycles. The highest BCUT2D eigenvalue weighted by molar-refractivity contribution is 7.80. The van der Waals surface area contributed by atoms with Gasteiger partial charge >= 0.3 is 0 Å². The molecule has 0 aliphatic carbocycles. The fourth-order valence-corrected chi connectivity index (χ4v) is 2.23. The number of thiocarbonyl (C=S) groups is 1. The van der Waals surface area contributed by atoms with Crippen LogP contribution in [0.3, 0.4) is 0 Å². The highest BCUT2D eigenvalue weighted by atomic mass is 32.1. The minimum atomic E-state index is -0.123. The highest BCUT2D eigenvalue weighted by Crippen LogP contribution is 2.08. The summed E-state index contributed by atoms with van der Waals surface area (Å²) >= 11 is 4.91. The third-order valence-corrected chi connectivity index (χ3v) is 3.38. The SMILES string of the molecule is NC(=S)c1cc(Cn2ncc3ccccc3c2=O)ccn1. The molecule has 5 nitrogen and oxygen atoms in total. The molecule has 0 spiro atoms. The molecule has 2 heterocycles. The largest absolute Gasteiger partial charge is 0.388 e. The van der Waals surface area contributed by atoms with Crippen LogP contribution in [0.15, 0.2) is 53.6 Å². The van der Waals surface area contributed by atoms with Crippen LogP contribution in [-0.2, 0) is 6.54 Å². The molecule has 104 valence electrons. The summed E-state index contributed by atoms with van der Waals surface area (Å²) in [5.74, 6) is 0. The van der Waals surface area contributed by atoms with Crippen LogP contribution in [0.1, 0.15) is 11.3 Å². The van der Waals surface area contributed by atoms with Gasteiger partial charge in [-0.25, -0.2) is 4.68 Å². The van der Waals surface area contributed by atoms with Gasteiger partial charge in [-0.15, -0.1) is 0 Å². The van der Waals surface area contributed by atoms with E-state index in [0.717, 1.165) is 10.9 Å². The zero-order chi connectivity index (χ0) is 14.8. The maximum absolute atomic E-state index is 12.4. The molecule has 0 bridgehead atoms. The van der Waals surface area contributed by atoms with E-state index in [2.05, 4.69) is 10.1 Å². The normalized spacial score (nSPS) is 10.7. The first-order valence-corrected chi connectivity index (χ1v) is 6.75. The van der Waals surface area contributed by atoms with Crippen LogP contribution in [0.2, 0.25) is 0 Å². The second kappa shape index (κ2) is 5.41. The second-order valence-electron chi connectivity index (χ2n) is 4.61. The van der Waals surface area contributed by atoms with E-state index in [1.165, 1.54) is 4.68 Å². The summed E-state index contributed by atoms with van der Waals surface area (Å²) in [5.41, 5.74) is 6.85. The van der Waals surface area contributed by atoms with Crippen LogP contribution < -0.4 is 11.3 Å². The van der Waals surface area contributed by atoms with Gasteiger partial charge in [0.2, 0.25) is 0 Å². The summed E-state index contributed by atoms with van der Waals surface area (Å²) in [6.07, 6.45) is 3.31. The van der Waals surface area contributed by atoms with Crippen molar-refractivity contribution in [3.8, 4) is 0 Å². The Morgan fingerprint density at radius 3 is 2.90 bits per heavy atom. The summed E-state index contributed by atoms with van der Waals surface area (Å²) < 4.78 is 1.42. The predicted molar refractivity (Wildman–Crippen MR) is 85.2 cm³/mol. The van der Waals surface area contributed by atoms with Gasteiger partial charge in [0.05, 0.1) is 23.8 Å². The Morgan fingerprint density at radius 2 is 2.10 bits per heavy atom. The van der Waals surface area contributed by atoms with Gasteiger partial charge in [-0.2, -0.15) is 5.10 Å². The van der Waals surface area contributed by atoms with Crippen molar-refractivity contribution < 1.29 is 0 Å². The van der Waals surface area contributed by atoms with Gasteiger partial charge in [0.1, 0.15) is 4.99 Å². The number of pyridine rings is 1. The van der Waals surface area contributed by atoms with Crippen LogP contribution in [0.5, 0.6) is 0 Å². The van der Waals surface area contributed by atoms with Gasteiger partial charge in [0.25, 0.3) is 5.56 Å². The Hall–Kier alpha value is -2.60. The Balaban J connectivity index is 2.02. The minimum absolute atomic E-state index is 0.123. The quantitative estimate of drug-likeness (QED) is 0.741. The van der Waals surface area contributed by atoms with Gasteiger partial charge in [0.15, 0.2) is 0 Å². The third-order valence-electron chi connectivity index (χ3n) is 3.17. The Morgan fingerprint density at radius 1 is 1.29 bits per heavy atom. The number of aromatic nitrogens is 3. The van der Waals surface area contributed by atoms with Crippen LogP contribution in [0, 0.1) is 0 Å². The van der Waals surface area contributed by atoms with Crippen molar-refractivity contribution in [2.75, 3.05) is 0 Å². The van der Waals surface area contributed by atoms with E-state index in [-0.39, 0.29) is 10.5 Å². The standard InChI is InChI=1S/C15H12N4OS/c16-14(21)13-7-10(5-6-17-13)9-19-15(20)12-4-2-1-3-11(12)8-18-19/h1-8H,9H2,(H2,16,21). The molecule has 3 aromatic rings. The minimum Gasteiger partial charge on any atom is -0.388 e. The van der Waals surface area contributed by atoms with Crippen LogP contribution in [0.4, 0.5) is 0 Å². The van der Waals surface area contributed by atoms with Crippen LogP contribution in [0.25, 0.3) is 10.8 Å². The molecule has 0 fully saturated rings. The summed E-state index contributed by atoms with van der Waals surface area (Å²) in [4.78, 5) is 16.7. The van der Waals surface area contributed by atoms with Crippen molar-refractivity contribution >= 4 is 28.0 Å². The maximum atomic E-state index is 12.4. The molecule has 21 heavy (non-hydrogen) atoms. The number of rotatable bonds is 3. The molecule has 1 aromatic carbocycles. The molecule has 0 unspecified atom stereocenters. The average Bonchev–Trinajstić information content (AvgIpc) is 2.51. The highest BCUT2D eigenvalue weighted by Gasteiger charge is 2.06. The lowest BCUT2D eigenvalue weighted by Crippen LogP contribution is -2.23. The van der Waals surface area contributed by atoms with Gasteiger partial charge in [-0.05, 0) is 23.8 Å². The van der Waals surface area contributed by atoms with E-state index >= 15 is 0 Å². The zero-order valence-corrected chi connectivity index (χ0v) is 11.9. The number of nitrogens with zero attached hydrogens (tertiary/aromatic N) is 3. The third kappa shape index (κ3) is 2.66. The number of nitrogens with two attached hydrogens (primary N) is 1. The summed E-state index contributed by atoms with van der Waals surface area (Å²) in [7, 11) is 0. The van der Waals surface area contributed by atoms with Crippen molar-refractivity contribution in [3.05, 3.63) is 70.4 Å². The maximum Gasteiger partial charge on any atom is 0.274 e. The van der Waals surface area contributed by atoms with Gasteiger partial charge in [-0.3, -0.25) is 9.78 Å². The van der Waals surface area contributed by atoms with Crippen molar-refractivity contribution in [1.82, 2.24) is 14.8 Å². The first kappa shape index (κ1) is 13.4. The molecule has 0 saturated carbocycles. The van der Waals surface area contributed by atoms with E-state index in [1.54, 1.807) is 24.5 Å². The lowest BCUT2D eigenvalue weighted by molar-refractivity contribution is 0.647. The molecule has 2 N–H and O–H groups in total. The average molecular weight is 296 g/mol. The monoisotopic (exact) mass is 296 g/mol.